The Morgan fingerprint density at radius 3 is 2.21 bits per heavy atom. The minimum atomic E-state index is 0.260. The molecular formula is C16H33NO2. The van der Waals surface area contributed by atoms with E-state index in [0.717, 1.165) is 44.2 Å². The van der Waals surface area contributed by atoms with Gasteiger partial charge in [0.15, 0.2) is 0 Å². The van der Waals surface area contributed by atoms with Crippen molar-refractivity contribution in [2.24, 2.45) is 17.0 Å². The summed E-state index contributed by atoms with van der Waals surface area (Å²) >= 11 is 0. The molecule has 0 heterocycles. The first-order valence-corrected chi connectivity index (χ1v) is 8.04. The molecule has 3 heteroatoms. The van der Waals surface area contributed by atoms with Gasteiger partial charge in [-0.1, -0.05) is 58.0 Å². The van der Waals surface area contributed by atoms with Crippen LogP contribution in [-0.4, -0.2) is 22.6 Å². The largest absolute Gasteiger partial charge is 0.411 e. The molecule has 0 aliphatic carbocycles. The van der Waals surface area contributed by atoms with Crippen LogP contribution in [0.15, 0.2) is 5.16 Å². The van der Waals surface area contributed by atoms with Crippen LogP contribution in [0.25, 0.3) is 0 Å². The first-order chi connectivity index (χ1) is 9.23. The number of nitrogens with zero attached hydrogens (tertiary/aromatic N) is 1. The number of aliphatic hydroxyl groups is 1. The van der Waals surface area contributed by atoms with E-state index in [-0.39, 0.29) is 6.61 Å². The molecule has 0 aliphatic heterocycles. The first kappa shape index (κ1) is 18.4. The summed E-state index contributed by atoms with van der Waals surface area (Å²) in [6, 6.07) is 0. The fourth-order valence-electron chi connectivity index (χ4n) is 2.64. The Balaban J connectivity index is 4.34. The summed E-state index contributed by atoms with van der Waals surface area (Å²) in [7, 11) is 0. The molecule has 114 valence electrons. The molecule has 0 bridgehead atoms. The van der Waals surface area contributed by atoms with Crippen molar-refractivity contribution in [3.8, 4) is 0 Å². The average molecular weight is 271 g/mol. The van der Waals surface area contributed by atoms with Gasteiger partial charge in [-0.3, -0.25) is 0 Å². The van der Waals surface area contributed by atoms with Gasteiger partial charge in [-0.05, 0) is 31.6 Å². The van der Waals surface area contributed by atoms with Gasteiger partial charge >= 0.3 is 0 Å². The van der Waals surface area contributed by atoms with E-state index >= 15 is 0 Å². The van der Waals surface area contributed by atoms with Crippen LogP contribution in [0.4, 0.5) is 0 Å². The van der Waals surface area contributed by atoms with Crippen molar-refractivity contribution >= 4 is 5.71 Å². The Kier molecular flexibility index (Phi) is 12.1. The van der Waals surface area contributed by atoms with E-state index < -0.39 is 0 Å². The van der Waals surface area contributed by atoms with Crippen LogP contribution in [0, 0.1) is 11.8 Å². The second kappa shape index (κ2) is 12.5. The summed E-state index contributed by atoms with van der Waals surface area (Å²) in [5, 5.41) is 21.7. The van der Waals surface area contributed by atoms with E-state index in [9.17, 15) is 5.21 Å². The van der Waals surface area contributed by atoms with Gasteiger partial charge in [0, 0.05) is 12.5 Å². The molecule has 2 atom stereocenters. The summed E-state index contributed by atoms with van der Waals surface area (Å²) in [5.41, 5.74) is 0.975. The van der Waals surface area contributed by atoms with E-state index in [1.54, 1.807) is 0 Å². The number of hydrogen-bond donors (Lipinski definition) is 2. The third-order valence-corrected chi connectivity index (χ3v) is 4.09. The average Bonchev–Trinajstić information content (AvgIpc) is 2.45. The van der Waals surface area contributed by atoms with Crippen LogP contribution in [0.5, 0.6) is 0 Å². The smallest absolute Gasteiger partial charge is 0.0604 e. The highest BCUT2D eigenvalue weighted by Gasteiger charge is 2.18. The van der Waals surface area contributed by atoms with Crippen molar-refractivity contribution in [2.45, 2.75) is 78.6 Å². The van der Waals surface area contributed by atoms with Crippen molar-refractivity contribution < 1.29 is 10.3 Å². The quantitative estimate of drug-likeness (QED) is 0.236. The third kappa shape index (κ3) is 8.25. The van der Waals surface area contributed by atoms with Crippen LogP contribution in [0.3, 0.4) is 0 Å². The monoisotopic (exact) mass is 271 g/mol. The molecule has 0 saturated heterocycles. The highest BCUT2D eigenvalue weighted by molar-refractivity contribution is 5.86. The van der Waals surface area contributed by atoms with Gasteiger partial charge in [0.1, 0.15) is 0 Å². The molecule has 2 N–H and O–H groups in total. The van der Waals surface area contributed by atoms with Crippen LogP contribution in [-0.2, 0) is 0 Å². The van der Waals surface area contributed by atoms with Gasteiger partial charge in [0.05, 0.1) is 5.71 Å². The Labute approximate surface area is 119 Å². The maximum absolute atomic E-state index is 9.29. The number of rotatable bonds is 12. The molecule has 0 aromatic rings. The van der Waals surface area contributed by atoms with Gasteiger partial charge in [-0.15, -0.1) is 0 Å². The summed E-state index contributed by atoms with van der Waals surface area (Å²) in [5.74, 6) is 1.03. The first-order valence-electron chi connectivity index (χ1n) is 8.04. The maximum Gasteiger partial charge on any atom is 0.0604 e. The topological polar surface area (TPSA) is 52.8 Å². The van der Waals surface area contributed by atoms with Crippen molar-refractivity contribution in [1.29, 1.82) is 0 Å². The van der Waals surface area contributed by atoms with Gasteiger partial charge in [-0.25, -0.2) is 0 Å². The van der Waals surface area contributed by atoms with Crippen LogP contribution in [0.1, 0.15) is 78.6 Å². The maximum atomic E-state index is 9.29. The van der Waals surface area contributed by atoms with Crippen molar-refractivity contribution in [3.05, 3.63) is 0 Å². The minimum absolute atomic E-state index is 0.260. The molecule has 0 fully saturated rings. The summed E-state index contributed by atoms with van der Waals surface area (Å²) < 4.78 is 0. The summed E-state index contributed by atoms with van der Waals surface area (Å²) in [6.07, 6.45) is 9.74. The third-order valence-electron chi connectivity index (χ3n) is 4.09. The number of unbranched alkanes of at least 4 members (excludes halogenated alkanes) is 2. The van der Waals surface area contributed by atoms with Crippen molar-refractivity contribution in [3.63, 3.8) is 0 Å². The summed E-state index contributed by atoms with van der Waals surface area (Å²) in [6.45, 7) is 6.86. The lowest BCUT2D eigenvalue weighted by molar-refractivity contribution is 0.278. The van der Waals surface area contributed by atoms with E-state index in [4.69, 9.17) is 5.11 Å². The second-order valence-electron chi connectivity index (χ2n) is 5.54. The lowest BCUT2D eigenvalue weighted by Crippen LogP contribution is -2.18. The zero-order valence-corrected chi connectivity index (χ0v) is 13.1. The number of oxime groups is 1. The Hall–Kier alpha value is -0.570. The Bertz CT molecular complexity index is 229. The molecule has 0 rings (SSSR count). The lowest BCUT2D eigenvalue weighted by Gasteiger charge is -2.21. The molecule has 3 nitrogen and oxygen atoms in total. The van der Waals surface area contributed by atoms with Gasteiger partial charge < -0.3 is 10.3 Å². The molecule has 19 heavy (non-hydrogen) atoms. The summed E-state index contributed by atoms with van der Waals surface area (Å²) in [4.78, 5) is 0. The van der Waals surface area contributed by atoms with Gasteiger partial charge in [0.25, 0.3) is 0 Å². The molecule has 2 unspecified atom stereocenters. The molecule has 0 radical (unpaired) electrons. The predicted molar refractivity (Wildman–Crippen MR) is 81.9 cm³/mol. The zero-order valence-electron chi connectivity index (χ0n) is 13.1. The zero-order chi connectivity index (χ0) is 14.5. The molecule has 0 aromatic carbocycles. The Morgan fingerprint density at radius 2 is 1.74 bits per heavy atom. The molecule has 0 aromatic heterocycles. The molecular weight excluding hydrogens is 238 g/mol. The predicted octanol–water partition coefficient (Wildman–Crippen LogP) is 4.61. The van der Waals surface area contributed by atoms with E-state index in [2.05, 4.69) is 25.9 Å². The molecule has 0 amide bonds. The van der Waals surface area contributed by atoms with E-state index in [0.29, 0.717) is 11.8 Å². The van der Waals surface area contributed by atoms with Crippen molar-refractivity contribution in [2.75, 3.05) is 6.61 Å². The number of hydrogen-bond acceptors (Lipinski definition) is 3. The molecule has 0 aliphatic rings. The van der Waals surface area contributed by atoms with Crippen LogP contribution >= 0.6 is 0 Å². The van der Waals surface area contributed by atoms with Crippen molar-refractivity contribution in [1.82, 2.24) is 0 Å². The highest BCUT2D eigenvalue weighted by atomic mass is 16.4. The normalized spacial score (nSPS) is 15.5. The van der Waals surface area contributed by atoms with Crippen LogP contribution < -0.4 is 0 Å². The fraction of sp³-hybridized carbons (Fsp3) is 0.938. The number of aliphatic hydroxyl groups excluding tert-OH is 1. The van der Waals surface area contributed by atoms with Gasteiger partial charge in [0.2, 0.25) is 0 Å². The van der Waals surface area contributed by atoms with Crippen LogP contribution in [0.2, 0.25) is 0 Å². The van der Waals surface area contributed by atoms with E-state index in [1.165, 1.54) is 19.3 Å². The Morgan fingerprint density at radius 1 is 1.00 bits per heavy atom. The molecule has 0 saturated carbocycles. The van der Waals surface area contributed by atoms with E-state index in [1.807, 2.05) is 0 Å². The van der Waals surface area contributed by atoms with Gasteiger partial charge in [-0.2, -0.15) is 0 Å². The standard InChI is InChI=1S/C16H33NO2/c1-4-7-10-14(5-2)13-16(17-19)15(6-3)11-8-9-12-18/h14-15,18-19H,4-13H2,1-3H3. The highest BCUT2D eigenvalue weighted by Crippen LogP contribution is 2.23. The lowest BCUT2D eigenvalue weighted by atomic mass is 9.85. The SMILES string of the molecule is CCCCC(CC)CC(=NO)C(CC)CCCCO. The molecule has 0 spiro atoms. The fourth-order valence-corrected chi connectivity index (χ4v) is 2.64. The second-order valence-corrected chi connectivity index (χ2v) is 5.54. The minimum Gasteiger partial charge on any atom is -0.411 e.